The zero-order valence-electron chi connectivity index (χ0n) is 11.7. The molecule has 0 fully saturated rings. The minimum Gasteiger partial charge on any atom is -0.225 e. The Kier molecular flexibility index (Phi) is 5.05. The molecular weight excluding hydrogens is 435 g/mol. The monoisotopic (exact) mass is 439 g/mol. The molecule has 1 aromatic heterocycles. The Balaban J connectivity index is 2.55. The lowest BCUT2D eigenvalue weighted by Crippen LogP contribution is -2.15. The molecule has 3 rings (SSSR count). The van der Waals surface area contributed by atoms with Gasteiger partial charge in [0.1, 0.15) is 12.7 Å². The van der Waals surface area contributed by atoms with Crippen LogP contribution in [-0.4, -0.2) is 15.0 Å². The predicted octanol–water partition coefficient (Wildman–Crippen LogP) is 6.35. The van der Waals surface area contributed by atoms with Crippen molar-refractivity contribution in [2.75, 3.05) is 0 Å². The first-order valence-electron chi connectivity index (χ1n) is 6.52. The molecule has 0 spiro atoms. The Hall–Kier alpha value is -0.550. The molecule has 0 saturated carbocycles. The third-order valence-corrected chi connectivity index (χ3v) is 4.53. The highest BCUT2D eigenvalue weighted by atomic mass is 35.6. The minimum absolute atomic E-state index is 0.220. The quantitative estimate of drug-likeness (QED) is 0.413. The summed E-state index contributed by atoms with van der Waals surface area (Å²) in [6.07, 6.45) is 2.70. The molecule has 0 N–H and O–H groups in total. The Labute approximate surface area is 167 Å². The first-order valence-corrected chi connectivity index (χ1v) is 8.79. The molecule has 0 atom stereocenters. The molecule has 3 aromatic rings. The molecule has 0 radical (unpaired) electrons. The normalized spacial score (nSPS) is 12.6. The molecule has 0 unspecified atom stereocenters. The van der Waals surface area contributed by atoms with Crippen molar-refractivity contribution in [1.29, 1.82) is 0 Å². The molecular formula is C15H7Cl6N3. The molecule has 0 saturated heterocycles. The molecule has 0 aliphatic carbocycles. The molecule has 2 aromatic carbocycles. The van der Waals surface area contributed by atoms with Crippen molar-refractivity contribution < 1.29 is 0 Å². The minimum atomic E-state index is -1.86. The van der Waals surface area contributed by atoms with Gasteiger partial charge in [-0.1, -0.05) is 93.9 Å². The van der Waals surface area contributed by atoms with Gasteiger partial charge in [-0.2, -0.15) is 0 Å². The third-order valence-electron chi connectivity index (χ3n) is 3.36. The highest BCUT2D eigenvalue weighted by Gasteiger charge is 2.38. The summed E-state index contributed by atoms with van der Waals surface area (Å²) in [6, 6.07) is 9.11. The third kappa shape index (κ3) is 3.52. The summed E-state index contributed by atoms with van der Waals surface area (Å²) in [4.78, 5) is 12.2. The maximum atomic E-state index is 6.21. The number of hydrogen-bond donors (Lipinski definition) is 0. The first-order chi connectivity index (χ1) is 11.2. The van der Waals surface area contributed by atoms with Crippen molar-refractivity contribution in [2.45, 2.75) is 7.59 Å². The van der Waals surface area contributed by atoms with Gasteiger partial charge in [0.15, 0.2) is 5.82 Å². The number of fused-ring (bicyclic) bond motifs is 1. The van der Waals surface area contributed by atoms with E-state index in [1.54, 1.807) is 6.07 Å². The Morgan fingerprint density at radius 3 is 2.00 bits per heavy atom. The topological polar surface area (TPSA) is 38.7 Å². The van der Waals surface area contributed by atoms with Crippen molar-refractivity contribution in [3.63, 3.8) is 0 Å². The van der Waals surface area contributed by atoms with Crippen LogP contribution >= 0.6 is 69.6 Å². The summed E-state index contributed by atoms with van der Waals surface area (Å²) < 4.78 is -3.66. The molecule has 3 nitrogen and oxygen atoms in total. The molecule has 0 bridgehead atoms. The van der Waals surface area contributed by atoms with Crippen molar-refractivity contribution in [2.24, 2.45) is 0 Å². The molecule has 124 valence electrons. The smallest absolute Gasteiger partial charge is 0.217 e. The van der Waals surface area contributed by atoms with Crippen LogP contribution in [-0.2, 0) is 7.59 Å². The zero-order chi connectivity index (χ0) is 17.5. The van der Waals surface area contributed by atoms with E-state index in [2.05, 4.69) is 15.0 Å². The van der Waals surface area contributed by atoms with E-state index in [0.717, 1.165) is 10.8 Å². The van der Waals surface area contributed by atoms with Crippen LogP contribution in [0.25, 0.3) is 22.2 Å². The number of hydrogen-bond acceptors (Lipinski definition) is 3. The van der Waals surface area contributed by atoms with Crippen molar-refractivity contribution in [3.05, 3.63) is 54.1 Å². The maximum absolute atomic E-state index is 6.21. The predicted molar refractivity (Wildman–Crippen MR) is 101 cm³/mol. The lowest BCUT2D eigenvalue weighted by atomic mass is 9.94. The van der Waals surface area contributed by atoms with Crippen LogP contribution in [0.2, 0.25) is 0 Å². The second kappa shape index (κ2) is 6.64. The average Bonchev–Trinajstić information content (AvgIpc) is 2.52. The van der Waals surface area contributed by atoms with E-state index in [9.17, 15) is 0 Å². The molecule has 0 aliphatic rings. The highest BCUT2D eigenvalue weighted by molar-refractivity contribution is 6.69. The van der Waals surface area contributed by atoms with Crippen LogP contribution in [0.4, 0.5) is 0 Å². The van der Waals surface area contributed by atoms with Crippen molar-refractivity contribution in [1.82, 2.24) is 15.0 Å². The van der Waals surface area contributed by atoms with E-state index >= 15 is 0 Å². The van der Waals surface area contributed by atoms with E-state index in [1.807, 2.05) is 24.3 Å². The van der Waals surface area contributed by atoms with E-state index in [0.29, 0.717) is 11.4 Å². The van der Waals surface area contributed by atoms with Crippen LogP contribution in [0, 0.1) is 0 Å². The van der Waals surface area contributed by atoms with Gasteiger partial charge in [-0.05, 0) is 16.8 Å². The maximum Gasteiger partial charge on any atom is 0.217 e. The van der Waals surface area contributed by atoms with E-state index in [1.165, 1.54) is 12.7 Å². The summed E-state index contributed by atoms with van der Waals surface area (Å²) in [5.74, 6) is 0.318. The fourth-order valence-electron chi connectivity index (χ4n) is 2.47. The number of nitrogens with zero attached hydrogens (tertiary/aromatic N) is 3. The van der Waals surface area contributed by atoms with Gasteiger partial charge < -0.3 is 0 Å². The van der Waals surface area contributed by atoms with Crippen LogP contribution in [0.5, 0.6) is 0 Å². The summed E-state index contributed by atoms with van der Waals surface area (Å²) in [6.45, 7) is 0. The molecule has 24 heavy (non-hydrogen) atoms. The van der Waals surface area contributed by atoms with Crippen LogP contribution in [0.15, 0.2) is 43.0 Å². The Bertz CT molecular complexity index is 887. The van der Waals surface area contributed by atoms with Gasteiger partial charge in [0, 0.05) is 16.7 Å². The number of aromatic nitrogens is 3. The second-order valence-electron chi connectivity index (χ2n) is 4.85. The van der Waals surface area contributed by atoms with Crippen molar-refractivity contribution >= 4 is 80.4 Å². The van der Waals surface area contributed by atoms with Crippen LogP contribution < -0.4 is 0 Å². The SMILES string of the molecule is ClC(Cl)(Cl)c1cc2ccccc2c(-c2ncncn2)c1C(Cl)(Cl)Cl. The average molecular weight is 442 g/mol. The largest absolute Gasteiger partial charge is 0.225 e. The molecule has 1 heterocycles. The molecule has 0 amide bonds. The summed E-state index contributed by atoms with van der Waals surface area (Å²) >= 11 is 37.0. The molecule has 9 heteroatoms. The lowest BCUT2D eigenvalue weighted by Gasteiger charge is -2.25. The number of benzene rings is 2. The van der Waals surface area contributed by atoms with Gasteiger partial charge >= 0.3 is 0 Å². The van der Waals surface area contributed by atoms with Crippen LogP contribution in [0.3, 0.4) is 0 Å². The number of halogens is 6. The van der Waals surface area contributed by atoms with E-state index in [-0.39, 0.29) is 11.1 Å². The summed E-state index contributed by atoms with van der Waals surface area (Å²) in [5.41, 5.74) is 0.954. The zero-order valence-corrected chi connectivity index (χ0v) is 16.2. The fourth-order valence-corrected chi connectivity index (χ4v) is 3.50. The van der Waals surface area contributed by atoms with Gasteiger partial charge in [-0.15, -0.1) is 0 Å². The summed E-state index contributed by atoms with van der Waals surface area (Å²) in [7, 11) is 0. The molecule has 0 aliphatic heterocycles. The standard InChI is InChI=1S/C15H7Cl6N3/c16-14(17,18)10-5-8-3-1-2-4-9(8)11(12(10)15(19,20)21)13-23-6-22-7-24-13/h1-7H. The summed E-state index contributed by atoms with van der Waals surface area (Å²) in [5, 5.41) is 1.57. The highest BCUT2D eigenvalue weighted by Crippen LogP contribution is 2.52. The lowest BCUT2D eigenvalue weighted by molar-refractivity contribution is 1.04. The van der Waals surface area contributed by atoms with E-state index < -0.39 is 7.59 Å². The Morgan fingerprint density at radius 1 is 0.792 bits per heavy atom. The fraction of sp³-hybridized carbons (Fsp3) is 0.133. The van der Waals surface area contributed by atoms with Gasteiger partial charge in [0.05, 0.1) is 0 Å². The van der Waals surface area contributed by atoms with Gasteiger partial charge in [-0.3, -0.25) is 0 Å². The van der Waals surface area contributed by atoms with Gasteiger partial charge in [0.2, 0.25) is 7.59 Å². The van der Waals surface area contributed by atoms with Crippen molar-refractivity contribution in [3.8, 4) is 11.4 Å². The van der Waals surface area contributed by atoms with Gasteiger partial charge in [0.25, 0.3) is 0 Å². The number of rotatable bonds is 1. The van der Waals surface area contributed by atoms with E-state index in [4.69, 9.17) is 69.6 Å². The van der Waals surface area contributed by atoms with Gasteiger partial charge in [-0.25, -0.2) is 15.0 Å². The second-order valence-corrected chi connectivity index (χ2v) is 9.42. The van der Waals surface area contributed by atoms with Crippen LogP contribution in [0.1, 0.15) is 11.1 Å². The first kappa shape index (κ1) is 18.2. The Morgan fingerprint density at radius 2 is 1.42 bits per heavy atom. The number of alkyl halides is 6.